The molecule has 6 atom stereocenters. The summed E-state index contributed by atoms with van der Waals surface area (Å²) in [5.74, 6) is -1.53. The molecule has 32 nitrogen and oxygen atoms in total. The van der Waals surface area contributed by atoms with Gasteiger partial charge in [-0.15, -0.1) is 0 Å². The molecule has 1 saturated heterocycles. The number of likely N-dealkylation sites (tertiary alicyclic amines) is 1. The number of carbonyl (C=O) groups excluding carboxylic acids is 9. The Morgan fingerprint density at radius 1 is 0.565 bits per heavy atom. The molecule has 0 aromatic heterocycles. The second kappa shape index (κ2) is 47.2. The van der Waals surface area contributed by atoms with Crippen molar-refractivity contribution < 1.29 is 110 Å². The number of rotatable bonds is 49. The zero-order chi connectivity index (χ0) is 82.0. The van der Waals surface area contributed by atoms with Gasteiger partial charge in [0.25, 0.3) is 11.8 Å². The summed E-state index contributed by atoms with van der Waals surface area (Å²) in [5, 5.41) is 23.0. The minimum atomic E-state index is -1.53. The highest BCUT2D eigenvalue weighted by molar-refractivity contribution is 6.07. The molecular formula is C83H117N9O23. The van der Waals surface area contributed by atoms with Gasteiger partial charge in [0, 0.05) is 68.8 Å². The zero-order valence-electron chi connectivity index (χ0n) is 67.6. The molecule has 5 heterocycles. The van der Waals surface area contributed by atoms with Crippen LogP contribution in [0.1, 0.15) is 157 Å². The third-order valence-electron chi connectivity index (χ3n) is 20.6. The van der Waals surface area contributed by atoms with Gasteiger partial charge in [-0.2, -0.15) is 0 Å². The van der Waals surface area contributed by atoms with Crippen molar-refractivity contribution >= 4 is 76.6 Å². The highest BCUT2D eigenvalue weighted by atomic mass is 16.6. The smallest absolute Gasteiger partial charge is 0.416 e. The lowest BCUT2D eigenvalue weighted by Gasteiger charge is -2.31. The van der Waals surface area contributed by atoms with Gasteiger partial charge in [0.15, 0.2) is 29.2 Å². The van der Waals surface area contributed by atoms with E-state index < -0.39 is 54.1 Å². The van der Waals surface area contributed by atoms with E-state index in [1.165, 1.54) is 62.3 Å². The Morgan fingerprint density at radius 3 is 1.70 bits per heavy atom. The minimum absolute atomic E-state index is 0.0136. The number of aliphatic hydroxyl groups excluding tert-OH is 1. The predicted octanol–water partition coefficient (Wildman–Crippen LogP) is 8.11. The maximum atomic E-state index is 14.3. The number of carbonyl (C=O) groups is 9. The van der Waals surface area contributed by atoms with Gasteiger partial charge >= 0.3 is 6.09 Å². The first-order chi connectivity index (χ1) is 55.7. The van der Waals surface area contributed by atoms with Gasteiger partial charge in [0.1, 0.15) is 18.7 Å². The number of nitrogens with one attached hydrogen (secondary N) is 4. The van der Waals surface area contributed by atoms with Crippen LogP contribution < -0.4 is 45.1 Å². The monoisotopic (exact) mass is 1610 g/mol. The van der Waals surface area contributed by atoms with Gasteiger partial charge in [0.05, 0.1) is 174 Å². The molecule has 632 valence electrons. The molecule has 0 radical (unpaired) electrons. The molecule has 0 bridgehead atoms. The van der Waals surface area contributed by atoms with E-state index in [-0.39, 0.29) is 129 Å². The second-order valence-electron chi connectivity index (χ2n) is 29.6. The SMILES string of the molecule is COc1cc2c(cc1OCCCCCOc1cc3c(cc1OC)C(=O)N1C=C(C)CC1C(O)N3C(=O)OCc1ccc(NC(=O)C(C)NC(=O)[C@@H](NC(=O)CCOCCOCCOCCOCCOCCOCCOCCOCCNC(=O)CCN3C(=O)CC(C4CCCCCCC4)C3=O)C(C)C)cc1)N=CC1CC(C)=CN1C2=O. The number of hydrogen-bond acceptors (Lipinski definition) is 24. The Balaban J connectivity index is 0.570. The average molecular weight is 1610 g/mol. The number of anilines is 2. The molecule has 32 heteroatoms. The van der Waals surface area contributed by atoms with Crippen LogP contribution in [-0.4, -0.2) is 256 Å². The van der Waals surface area contributed by atoms with E-state index in [4.69, 9.17) is 61.6 Å². The van der Waals surface area contributed by atoms with Crippen molar-refractivity contribution in [3.63, 3.8) is 0 Å². The topological polar surface area (TPSA) is 367 Å². The van der Waals surface area contributed by atoms with Gasteiger partial charge in [-0.3, -0.25) is 48.2 Å². The van der Waals surface area contributed by atoms with E-state index in [0.29, 0.717) is 159 Å². The summed E-state index contributed by atoms with van der Waals surface area (Å²) in [6.07, 6.45) is 13.9. The normalized spacial score (nSPS) is 18.6. The van der Waals surface area contributed by atoms with Crippen LogP contribution in [0.15, 0.2) is 77.1 Å². The maximum absolute atomic E-state index is 14.3. The molecule has 1 aliphatic carbocycles. The Labute approximate surface area is 673 Å². The molecule has 6 aliphatic rings. The zero-order valence-corrected chi connectivity index (χ0v) is 67.6. The van der Waals surface area contributed by atoms with Gasteiger partial charge in [-0.05, 0) is 107 Å². The fraction of sp³-hybridized carbons (Fsp3) is 0.614. The van der Waals surface area contributed by atoms with Crippen molar-refractivity contribution in [1.29, 1.82) is 0 Å². The summed E-state index contributed by atoms with van der Waals surface area (Å²) in [4.78, 5) is 130. The molecule has 115 heavy (non-hydrogen) atoms. The molecule has 2 fully saturated rings. The van der Waals surface area contributed by atoms with Crippen molar-refractivity contribution in [2.45, 2.75) is 168 Å². The van der Waals surface area contributed by atoms with Gasteiger partial charge in [-0.1, -0.05) is 69.2 Å². The fourth-order valence-corrected chi connectivity index (χ4v) is 14.3. The van der Waals surface area contributed by atoms with Crippen LogP contribution in [0.2, 0.25) is 0 Å². The van der Waals surface area contributed by atoms with Crippen molar-refractivity contribution in [2.75, 3.05) is 156 Å². The van der Waals surface area contributed by atoms with E-state index in [1.807, 2.05) is 20.0 Å². The molecule has 5 N–H and O–H groups in total. The predicted molar refractivity (Wildman–Crippen MR) is 423 cm³/mol. The van der Waals surface area contributed by atoms with Crippen LogP contribution in [0, 0.1) is 17.8 Å². The fourth-order valence-electron chi connectivity index (χ4n) is 14.3. The number of amides is 9. The lowest BCUT2D eigenvalue weighted by atomic mass is 9.81. The summed E-state index contributed by atoms with van der Waals surface area (Å²) in [7, 11) is 2.96. The molecular weight excluding hydrogens is 1490 g/mol. The average Bonchev–Trinajstić information content (AvgIpc) is 1.61. The van der Waals surface area contributed by atoms with Crippen molar-refractivity contribution in [2.24, 2.45) is 22.7 Å². The minimum Gasteiger partial charge on any atom is -0.493 e. The summed E-state index contributed by atoms with van der Waals surface area (Å²) in [6.45, 7) is 15.1. The van der Waals surface area contributed by atoms with E-state index >= 15 is 0 Å². The largest absolute Gasteiger partial charge is 0.493 e. The van der Waals surface area contributed by atoms with Crippen LogP contribution in [0.25, 0.3) is 0 Å². The standard InChI is InChI=1S/C83H117N9O23/c1-55(2)76(88-74(94)23-28-105-30-32-107-34-36-109-38-40-111-42-43-112-41-39-110-37-35-108-33-31-106-29-24-84-73(93)22-25-89-75(95)48-63(79(89)98)60-16-12-9-8-10-13-17-60)78(97)86-58(5)77(96)87-61-20-18-59(19-21-61)54-115-83(102)92-67-50-72(70(104-7)47-65(67)81(100)91-53-57(4)45-68(91)82(92)101)114-27-15-11-14-26-113-71-49-66-64(46-69(71)103-6)80(99)90-52-56(3)44-62(90)51-85-66/h18-21,46-47,49-53,55,58,60,62-63,68,76,82,101H,8-17,22-45,48,54H2,1-7H3,(H,84,93)(H,86,97)(H,87,96)(H,88,94)/t58?,62?,63?,68?,76-,82?/m0/s1. The highest BCUT2D eigenvalue weighted by Crippen LogP contribution is 2.43. The van der Waals surface area contributed by atoms with Crippen molar-refractivity contribution in [1.82, 2.24) is 30.7 Å². The van der Waals surface area contributed by atoms with Crippen LogP contribution in [0.3, 0.4) is 0 Å². The first kappa shape index (κ1) is 89.8. The third kappa shape index (κ3) is 27.2. The Kier molecular flexibility index (Phi) is 36.8. The molecule has 3 aromatic carbocycles. The van der Waals surface area contributed by atoms with Gasteiger partial charge in [0.2, 0.25) is 35.4 Å². The van der Waals surface area contributed by atoms with Crippen molar-refractivity contribution in [3.05, 3.63) is 88.8 Å². The number of unbranched alkanes of at least 4 members (excludes halogenated alkanes) is 2. The molecule has 9 amide bonds. The number of imide groups is 1. The Hall–Kier alpha value is -9.12. The summed E-state index contributed by atoms with van der Waals surface area (Å²) in [6, 6.07) is 9.94. The summed E-state index contributed by atoms with van der Waals surface area (Å²) < 4.78 is 73.9. The summed E-state index contributed by atoms with van der Waals surface area (Å²) >= 11 is 0. The first-order valence-corrected chi connectivity index (χ1v) is 40.3. The van der Waals surface area contributed by atoms with E-state index in [1.54, 1.807) is 67.6 Å². The number of benzene rings is 3. The second-order valence-corrected chi connectivity index (χ2v) is 29.6. The quantitative estimate of drug-likeness (QED) is 0.0263. The Bertz CT molecular complexity index is 3810. The maximum Gasteiger partial charge on any atom is 0.416 e. The van der Waals surface area contributed by atoms with E-state index in [2.05, 4.69) is 26.3 Å². The number of ether oxygens (including phenoxy) is 13. The van der Waals surface area contributed by atoms with Crippen LogP contribution in [0.4, 0.5) is 21.9 Å². The summed E-state index contributed by atoms with van der Waals surface area (Å²) in [5.41, 5.74) is 3.92. The lowest BCUT2D eigenvalue weighted by molar-refractivity contribution is -0.140. The molecule has 1 saturated carbocycles. The third-order valence-corrected chi connectivity index (χ3v) is 20.6. The van der Waals surface area contributed by atoms with Gasteiger partial charge < -0.3 is 97.8 Å². The number of aliphatic imine (C=N–C) groups is 1. The molecule has 5 aliphatic heterocycles. The van der Waals surface area contributed by atoms with Crippen LogP contribution in [-0.2, 0) is 78.0 Å². The molecule has 3 aromatic rings. The number of hydrogen-bond donors (Lipinski definition) is 5. The number of aliphatic hydroxyl groups is 1. The van der Waals surface area contributed by atoms with Crippen molar-refractivity contribution in [3.8, 4) is 23.0 Å². The number of fused-ring (bicyclic) bond motifs is 4. The van der Waals surface area contributed by atoms with Crippen LogP contribution >= 0.6 is 0 Å². The van der Waals surface area contributed by atoms with E-state index in [0.717, 1.165) is 48.2 Å². The molecule has 5 unspecified atom stereocenters. The van der Waals surface area contributed by atoms with Gasteiger partial charge in [-0.25, -0.2) is 9.69 Å². The first-order valence-electron chi connectivity index (χ1n) is 40.3. The van der Waals surface area contributed by atoms with E-state index in [9.17, 15) is 48.3 Å². The van der Waals surface area contributed by atoms with Crippen LogP contribution in [0.5, 0.6) is 23.0 Å². The number of methoxy groups -OCH3 is 2. The lowest BCUT2D eigenvalue weighted by Crippen LogP contribution is -2.53. The highest BCUT2D eigenvalue weighted by Gasteiger charge is 2.46. The molecule has 9 rings (SSSR count). The Morgan fingerprint density at radius 2 is 1.10 bits per heavy atom. The molecule has 0 spiro atoms. The number of nitrogens with zero attached hydrogens (tertiary/aromatic N) is 5.